The van der Waals surface area contributed by atoms with Crippen LogP contribution in [0.2, 0.25) is 0 Å². The summed E-state index contributed by atoms with van der Waals surface area (Å²) >= 11 is 4.32. The third-order valence-corrected chi connectivity index (χ3v) is 4.11. The van der Waals surface area contributed by atoms with Crippen LogP contribution in [0.3, 0.4) is 0 Å². The maximum Gasteiger partial charge on any atom is 0.433 e. The zero-order valence-corrected chi connectivity index (χ0v) is 11.7. The number of alkyl halides is 3. The summed E-state index contributed by atoms with van der Waals surface area (Å²) in [7, 11) is 0. The maximum absolute atomic E-state index is 12.6. The van der Waals surface area contributed by atoms with Crippen LogP contribution >= 0.6 is 27.7 Å². The van der Waals surface area contributed by atoms with Crippen LogP contribution in [0, 0.1) is 0 Å². The van der Waals surface area contributed by atoms with Gasteiger partial charge in [-0.3, -0.25) is 0 Å². The SMILES string of the molecule is Nc1cnc(C(F)(F)F)cc1Sc1ncccc1Br. The van der Waals surface area contributed by atoms with Gasteiger partial charge >= 0.3 is 6.18 Å². The molecule has 0 saturated carbocycles. The van der Waals surface area contributed by atoms with Gasteiger partial charge < -0.3 is 5.73 Å². The molecule has 100 valence electrons. The highest BCUT2D eigenvalue weighted by Gasteiger charge is 2.33. The van der Waals surface area contributed by atoms with E-state index < -0.39 is 11.9 Å². The Bertz CT molecular complexity index is 604. The van der Waals surface area contributed by atoms with Gasteiger partial charge in [0.15, 0.2) is 0 Å². The summed E-state index contributed by atoms with van der Waals surface area (Å²) in [6.07, 6.45) is -1.94. The molecule has 2 aromatic rings. The number of pyridine rings is 2. The molecule has 0 amide bonds. The number of hydrogen-bond donors (Lipinski definition) is 1. The molecule has 3 nitrogen and oxygen atoms in total. The highest BCUT2D eigenvalue weighted by atomic mass is 79.9. The molecule has 0 fully saturated rings. The van der Waals surface area contributed by atoms with Gasteiger partial charge in [-0.2, -0.15) is 13.2 Å². The van der Waals surface area contributed by atoms with Crippen LogP contribution in [0.4, 0.5) is 18.9 Å². The topological polar surface area (TPSA) is 51.8 Å². The number of nitrogens with two attached hydrogens (primary N) is 1. The van der Waals surface area contributed by atoms with E-state index in [1.54, 1.807) is 18.3 Å². The molecule has 2 heterocycles. The van der Waals surface area contributed by atoms with Crippen LogP contribution in [-0.4, -0.2) is 9.97 Å². The average molecular weight is 350 g/mol. The van der Waals surface area contributed by atoms with Crippen molar-refractivity contribution in [3.63, 3.8) is 0 Å². The Morgan fingerprint density at radius 3 is 2.63 bits per heavy atom. The average Bonchev–Trinajstić information content (AvgIpc) is 2.33. The highest BCUT2D eigenvalue weighted by Crippen LogP contribution is 2.37. The lowest BCUT2D eigenvalue weighted by molar-refractivity contribution is -0.141. The van der Waals surface area contributed by atoms with Crippen molar-refractivity contribution in [2.24, 2.45) is 0 Å². The van der Waals surface area contributed by atoms with Crippen molar-refractivity contribution in [2.75, 3.05) is 5.73 Å². The Balaban J connectivity index is 2.38. The largest absolute Gasteiger partial charge is 0.433 e. The van der Waals surface area contributed by atoms with Crippen LogP contribution < -0.4 is 5.73 Å². The summed E-state index contributed by atoms with van der Waals surface area (Å²) in [5, 5.41) is 0.536. The molecular formula is C11H7BrF3N3S. The molecule has 8 heteroatoms. The van der Waals surface area contributed by atoms with Crippen molar-refractivity contribution in [2.45, 2.75) is 16.1 Å². The van der Waals surface area contributed by atoms with E-state index in [0.29, 0.717) is 9.50 Å². The second-order valence-electron chi connectivity index (χ2n) is 3.50. The number of nitrogen functional groups attached to an aromatic ring is 1. The molecule has 0 aliphatic rings. The molecule has 0 saturated heterocycles. The van der Waals surface area contributed by atoms with Gasteiger partial charge in [-0.15, -0.1) is 0 Å². The number of hydrogen-bond acceptors (Lipinski definition) is 4. The zero-order valence-electron chi connectivity index (χ0n) is 9.28. The first-order valence-electron chi connectivity index (χ1n) is 4.99. The fourth-order valence-electron chi connectivity index (χ4n) is 1.24. The van der Waals surface area contributed by atoms with Gasteiger partial charge in [0, 0.05) is 11.1 Å². The monoisotopic (exact) mass is 349 g/mol. The fraction of sp³-hybridized carbons (Fsp3) is 0.0909. The van der Waals surface area contributed by atoms with Crippen molar-refractivity contribution in [3.8, 4) is 0 Å². The van der Waals surface area contributed by atoms with Gasteiger partial charge in [-0.05, 0) is 34.1 Å². The summed E-state index contributed by atoms with van der Waals surface area (Å²) in [6.45, 7) is 0. The smallest absolute Gasteiger partial charge is 0.397 e. The Morgan fingerprint density at radius 2 is 2.00 bits per heavy atom. The third kappa shape index (κ3) is 3.38. The predicted octanol–water partition coefficient (Wildman–Crippen LogP) is 3.99. The van der Waals surface area contributed by atoms with Gasteiger partial charge in [0.25, 0.3) is 0 Å². The lowest BCUT2D eigenvalue weighted by Crippen LogP contribution is -2.08. The Labute approximate surface area is 119 Å². The lowest BCUT2D eigenvalue weighted by atomic mass is 10.3. The quantitative estimate of drug-likeness (QED) is 0.890. The van der Waals surface area contributed by atoms with Gasteiger partial charge in [-0.1, -0.05) is 11.8 Å². The van der Waals surface area contributed by atoms with Crippen LogP contribution in [0.25, 0.3) is 0 Å². The number of aromatic nitrogens is 2. The van der Waals surface area contributed by atoms with E-state index in [1.165, 1.54) is 0 Å². The van der Waals surface area contributed by atoms with E-state index in [4.69, 9.17) is 5.73 Å². The zero-order chi connectivity index (χ0) is 14.0. The molecule has 0 unspecified atom stereocenters. The normalized spacial score (nSPS) is 11.6. The second-order valence-corrected chi connectivity index (χ2v) is 5.38. The summed E-state index contributed by atoms with van der Waals surface area (Å²) in [5.41, 5.74) is 4.84. The van der Waals surface area contributed by atoms with Crippen LogP contribution in [0.1, 0.15) is 5.69 Å². The van der Waals surface area contributed by atoms with E-state index in [1.807, 2.05) is 0 Å². The van der Waals surface area contributed by atoms with E-state index in [-0.39, 0.29) is 10.6 Å². The number of rotatable bonds is 2. The van der Waals surface area contributed by atoms with Gasteiger partial charge in [0.1, 0.15) is 10.7 Å². The Kier molecular flexibility index (Phi) is 4.00. The molecule has 0 spiro atoms. The van der Waals surface area contributed by atoms with E-state index >= 15 is 0 Å². The summed E-state index contributed by atoms with van der Waals surface area (Å²) in [6, 6.07) is 4.38. The predicted molar refractivity (Wildman–Crippen MR) is 69.7 cm³/mol. The Morgan fingerprint density at radius 1 is 1.26 bits per heavy atom. The standard InChI is InChI=1S/C11H7BrF3N3S/c12-6-2-1-3-17-10(6)19-8-4-9(11(13,14)15)18-5-7(8)16/h1-5H,16H2. The molecule has 2 N–H and O–H groups in total. The summed E-state index contributed by atoms with van der Waals surface area (Å²) < 4.78 is 38.4. The first kappa shape index (κ1) is 14.1. The molecule has 0 bridgehead atoms. The number of nitrogens with zero attached hydrogens (tertiary/aromatic N) is 2. The van der Waals surface area contributed by atoms with Crippen LogP contribution in [-0.2, 0) is 6.18 Å². The summed E-state index contributed by atoms with van der Waals surface area (Å²) in [4.78, 5) is 7.61. The highest BCUT2D eigenvalue weighted by molar-refractivity contribution is 9.10. The van der Waals surface area contributed by atoms with Gasteiger partial charge in [0.2, 0.25) is 0 Å². The van der Waals surface area contributed by atoms with Crippen molar-refractivity contribution < 1.29 is 13.2 Å². The molecule has 0 aliphatic heterocycles. The molecule has 2 aromatic heterocycles. The number of halogens is 4. The summed E-state index contributed by atoms with van der Waals surface area (Å²) in [5.74, 6) is 0. The van der Waals surface area contributed by atoms with E-state index in [9.17, 15) is 13.2 Å². The Hall–Kier alpha value is -1.28. The minimum atomic E-state index is -4.50. The third-order valence-electron chi connectivity index (χ3n) is 2.12. The van der Waals surface area contributed by atoms with Crippen molar-refractivity contribution in [3.05, 3.63) is 40.8 Å². The second kappa shape index (κ2) is 5.38. The minimum absolute atomic E-state index is 0.176. The van der Waals surface area contributed by atoms with Crippen molar-refractivity contribution in [1.82, 2.24) is 9.97 Å². The molecule has 19 heavy (non-hydrogen) atoms. The van der Waals surface area contributed by atoms with Gasteiger partial charge in [-0.25, -0.2) is 9.97 Å². The van der Waals surface area contributed by atoms with E-state index in [0.717, 1.165) is 24.0 Å². The molecule has 0 aromatic carbocycles. The van der Waals surface area contributed by atoms with Gasteiger partial charge in [0.05, 0.1) is 16.4 Å². The fourth-order valence-corrected chi connectivity index (χ4v) is 2.57. The maximum atomic E-state index is 12.6. The van der Waals surface area contributed by atoms with Crippen LogP contribution in [0.15, 0.2) is 45.0 Å². The molecule has 2 rings (SSSR count). The lowest BCUT2D eigenvalue weighted by Gasteiger charge is -2.10. The molecule has 0 aliphatic carbocycles. The van der Waals surface area contributed by atoms with Crippen molar-refractivity contribution >= 4 is 33.4 Å². The number of anilines is 1. The van der Waals surface area contributed by atoms with E-state index in [2.05, 4.69) is 25.9 Å². The van der Waals surface area contributed by atoms with Crippen LogP contribution in [0.5, 0.6) is 0 Å². The molecular weight excluding hydrogens is 343 g/mol. The first-order chi connectivity index (χ1) is 8.88. The molecule has 0 atom stereocenters. The minimum Gasteiger partial charge on any atom is -0.397 e. The first-order valence-corrected chi connectivity index (χ1v) is 6.60. The van der Waals surface area contributed by atoms with Crippen molar-refractivity contribution in [1.29, 1.82) is 0 Å². The molecule has 0 radical (unpaired) electrons.